The molecule has 0 aliphatic carbocycles. The summed E-state index contributed by atoms with van der Waals surface area (Å²) in [5.41, 5.74) is 1.66. The number of H-pyrrole nitrogens is 1. The van der Waals surface area contributed by atoms with Gasteiger partial charge in [-0.05, 0) is 42.3 Å². The highest BCUT2D eigenvalue weighted by Gasteiger charge is 2.10. The first-order valence-corrected chi connectivity index (χ1v) is 8.91. The molecule has 1 aromatic heterocycles. The molecule has 0 bridgehead atoms. The number of rotatable bonds is 5. The summed E-state index contributed by atoms with van der Waals surface area (Å²) in [5.74, 6) is 0.602. The van der Waals surface area contributed by atoms with Crippen LogP contribution in [0.2, 0.25) is 5.02 Å². The number of halogens is 2. The van der Waals surface area contributed by atoms with Gasteiger partial charge in [0.25, 0.3) is 5.56 Å². The zero-order valence-electron chi connectivity index (χ0n) is 13.1. The normalized spacial score (nSPS) is 12.5. The number of benzene rings is 2. The standard InChI is InChI=1S/C18H17BrClN3O/c1-2-15(11-3-5-12(19)6-4-11)21-10-17-22-16-9-13(20)7-8-14(16)18(24)23-17/h3-9,15,21H,2,10H2,1H3,(H,22,23,24)/t15-/m0/s1. The summed E-state index contributed by atoms with van der Waals surface area (Å²) < 4.78 is 1.05. The Morgan fingerprint density at radius 1 is 1.25 bits per heavy atom. The van der Waals surface area contributed by atoms with Crippen LogP contribution in [0.4, 0.5) is 0 Å². The molecule has 3 aromatic rings. The van der Waals surface area contributed by atoms with Gasteiger partial charge < -0.3 is 10.3 Å². The lowest BCUT2D eigenvalue weighted by molar-refractivity contribution is 0.508. The lowest BCUT2D eigenvalue weighted by atomic mass is 10.0. The van der Waals surface area contributed by atoms with Gasteiger partial charge in [-0.1, -0.05) is 46.6 Å². The van der Waals surface area contributed by atoms with Gasteiger partial charge in [0.2, 0.25) is 0 Å². The molecule has 0 aliphatic rings. The largest absolute Gasteiger partial charge is 0.309 e. The molecule has 124 valence electrons. The number of nitrogens with one attached hydrogen (secondary N) is 2. The van der Waals surface area contributed by atoms with Crippen molar-refractivity contribution in [2.75, 3.05) is 0 Å². The van der Waals surface area contributed by atoms with E-state index in [1.54, 1.807) is 18.2 Å². The fraction of sp³-hybridized carbons (Fsp3) is 0.222. The van der Waals surface area contributed by atoms with E-state index in [9.17, 15) is 4.79 Å². The maximum Gasteiger partial charge on any atom is 0.258 e. The Kier molecular flexibility index (Phi) is 5.33. The van der Waals surface area contributed by atoms with Crippen molar-refractivity contribution in [1.82, 2.24) is 15.3 Å². The third-order valence-electron chi connectivity index (χ3n) is 3.91. The molecule has 4 nitrogen and oxygen atoms in total. The molecule has 0 aliphatic heterocycles. The van der Waals surface area contributed by atoms with Crippen LogP contribution in [0.5, 0.6) is 0 Å². The Hall–Kier alpha value is -1.69. The third-order valence-corrected chi connectivity index (χ3v) is 4.68. The van der Waals surface area contributed by atoms with Gasteiger partial charge >= 0.3 is 0 Å². The van der Waals surface area contributed by atoms with Gasteiger partial charge in [-0.25, -0.2) is 4.98 Å². The van der Waals surface area contributed by atoms with Gasteiger partial charge in [0.15, 0.2) is 0 Å². The minimum atomic E-state index is -0.148. The number of nitrogens with zero attached hydrogens (tertiary/aromatic N) is 1. The Labute approximate surface area is 153 Å². The molecule has 0 spiro atoms. The van der Waals surface area contributed by atoms with Gasteiger partial charge in [0, 0.05) is 15.5 Å². The predicted octanol–water partition coefficient (Wildman–Crippen LogP) is 4.58. The molecular weight excluding hydrogens is 390 g/mol. The first kappa shape index (κ1) is 17.1. The second-order valence-corrected chi connectivity index (χ2v) is 6.92. The zero-order chi connectivity index (χ0) is 17.1. The lowest BCUT2D eigenvalue weighted by Crippen LogP contribution is -2.23. The van der Waals surface area contributed by atoms with Crippen molar-refractivity contribution in [3.8, 4) is 0 Å². The molecule has 0 unspecified atom stereocenters. The Bertz CT molecular complexity index is 908. The number of hydrogen-bond acceptors (Lipinski definition) is 3. The first-order valence-electron chi connectivity index (χ1n) is 7.74. The van der Waals surface area contributed by atoms with E-state index in [1.165, 1.54) is 5.56 Å². The number of hydrogen-bond donors (Lipinski definition) is 2. The van der Waals surface area contributed by atoms with E-state index in [-0.39, 0.29) is 11.6 Å². The highest BCUT2D eigenvalue weighted by atomic mass is 79.9. The predicted molar refractivity (Wildman–Crippen MR) is 101 cm³/mol. The molecule has 0 radical (unpaired) electrons. The SMILES string of the molecule is CC[C@H](NCc1nc2cc(Cl)ccc2c(=O)[nH]1)c1ccc(Br)cc1. The van der Waals surface area contributed by atoms with Gasteiger partial charge in [-0.3, -0.25) is 4.79 Å². The topological polar surface area (TPSA) is 57.8 Å². The quantitative estimate of drug-likeness (QED) is 0.652. The van der Waals surface area contributed by atoms with E-state index >= 15 is 0 Å². The summed E-state index contributed by atoms with van der Waals surface area (Å²) in [4.78, 5) is 19.5. The van der Waals surface area contributed by atoms with Crippen LogP contribution in [-0.4, -0.2) is 9.97 Å². The number of aromatic amines is 1. The van der Waals surface area contributed by atoms with E-state index in [0.29, 0.717) is 28.3 Å². The van der Waals surface area contributed by atoms with Crippen molar-refractivity contribution in [2.24, 2.45) is 0 Å². The number of aromatic nitrogens is 2. The molecule has 1 heterocycles. The summed E-state index contributed by atoms with van der Waals surface area (Å²) in [6, 6.07) is 13.5. The monoisotopic (exact) mass is 405 g/mol. The van der Waals surface area contributed by atoms with Crippen molar-refractivity contribution in [1.29, 1.82) is 0 Å². The van der Waals surface area contributed by atoms with Crippen LogP contribution in [0.15, 0.2) is 51.7 Å². The Balaban J connectivity index is 1.81. The molecule has 0 fully saturated rings. The molecule has 0 saturated heterocycles. The van der Waals surface area contributed by atoms with Crippen LogP contribution >= 0.6 is 27.5 Å². The summed E-state index contributed by atoms with van der Waals surface area (Å²) in [6.45, 7) is 2.60. The Morgan fingerprint density at radius 3 is 2.71 bits per heavy atom. The van der Waals surface area contributed by atoms with E-state index in [0.717, 1.165) is 10.9 Å². The van der Waals surface area contributed by atoms with Crippen LogP contribution < -0.4 is 10.9 Å². The third kappa shape index (κ3) is 3.86. The van der Waals surface area contributed by atoms with Crippen molar-refractivity contribution in [3.05, 3.63) is 73.7 Å². The molecular formula is C18H17BrClN3O. The lowest BCUT2D eigenvalue weighted by Gasteiger charge is -2.17. The van der Waals surface area contributed by atoms with Crippen LogP contribution in [0.1, 0.15) is 30.8 Å². The Morgan fingerprint density at radius 2 is 2.00 bits per heavy atom. The van der Waals surface area contributed by atoms with Crippen molar-refractivity contribution in [2.45, 2.75) is 25.9 Å². The molecule has 2 aromatic carbocycles. The summed E-state index contributed by atoms with van der Waals surface area (Å²) in [5, 5.41) is 4.56. The number of fused-ring (bicyclic) bond motifs is 1. The van der Waals surface area contributed by atoms with E-state index in [2.05, 4.69) is 50.3 Å². The van der Waals surface area contributed by atoms with Crippen LogP contribution in [-0.2, 0) is 6.54 Å². The highest BCUT2D eigenvalue weighted by molar-refractivity contribution is 9.10. The second-order valence-electron chi connectivity index (χ2n) is 5.57. The molecule has 2 N–H and O–H groups in total. The van der Waals surface area contributed by atoms with Crippen molar-refractivity contribution in [3.63, 3.8) is 0 Å². The zero-order valence-corrected chi connectivity index (χ0v) is 15.5. The van der Waals surface area contributed by atoms with E-state index < -0.39 is 0 Å². The molecule has 3 rings (SSSR count). The van der Waals surface area contributed by atoms with Gasteiger partial charge in [0.05, 0.1) is 17.4 Å². The van der Waals surface area contributed by atoms with Crippen LogP contribution in [0, 0.1) is 0 Å². The highest BCUT2D eigenvalue weighted by Crippen LogP contribution is 2.20. The van der Waals surface area contributed by atoms with E-state index in [1.807, 2.05) is 12.1 Å². The van der Waals surface area contributed by atoms with Gasteiger partial charge in [-0.15, -0.1) is 0 Å². The minimum absolute atomic E-state index is 0.148. The molecule has 0 amide bonds. The molecule has 6 heteroatoms. The van der Waals surface area contributed by atoms with Gasteiger partial charge in [0.1, 0.15) is 5.82 Å². The summed E-state index contributed by atoms with van der Waals surface area (Å²) in [6.07, 6.45) is 0.936. The minimum Gasteiger partial charge on any atom is -0.309 e. The second kappa shape index (κ2) is 7.47. The fourth-order valence-electron chi connectivity index (χ4n) is 2.66. The van der Waals surface area contributed by atoms with Crippen LogP contribution in [0.3, 0.4) is 0 Å². The van der Waals surface area contributed by atoms with Crippen molar-refractivity contribution >= 4 is 38.4 Å². The average Bonchev–Trinajstić information content (AvgIpc) is 2.56. The fourth-order valence-corrected chi connectivity index (χ4v) is 3.09. The molecule has 1 atom stereocenters. The smallest absolute Gasteiger partial charge is 0.258 e. The summed E-state index contributed by atoms with van der Waals surface area (Å²) >= 11 is 9.44. The van der Waals surface area contributed by atoms with E-state index in [4.69, 9.17) is 11.6 Å². The molecule has 0 saturated carbocycles. The molecule has 24 heavy (non-hydrogen) atoms. The van der Waals surface area contributed by atoms with Gasteiger partial charge in [-0.2, -0.15) is 0 Å². The maximum absolute atomic E-state index is 12.2. The first-order chi connectivity index (χ1) is 11.6. The summed E-state index contributed by atoms with van der Waals surface area (Å²) in [7, 11) is 0. The maximum atomic E-state index is 12.2. The van der Waals surface area contributed by atoms with Crippen molar-refractivity contribution < 1.29 is 0 Å². The average molecular weight is 407 g/mol. The van der Waals surface area contributed by atoms with Crippen LogP contribution in [0.25, 0.3) is 10.9 Å².